The Morgan fingerprint density at radius 3 is 2.57 bits per heavy atom. The lowest BCUT2D eigenvalue weighted by atomic mass is 10.4. The number of hydrogen-bond donors (Lipinski definition) is 2. The molecular weight excluding hydrogens is 320 g/mol. The summed E-state index contributed by atoms with van der Waals surface area (Å²) in [5.41, 5.74) is 2.13. The molecule has 3 rings (SSSR count). The fourth-order valence-electron chi connectivity index (χ4n) is 2.39. The Balaban J connectivity index is 1.84. The van der Waals surface area contributed by atoms with Crippen LogP contribution in [0.5, 0.6) is 0 Å². The van der Waals surface area contributed by atoms with Crippen LogP contribution in [0.4, 0.5) is 0 Å². The lowest BCUT2D eigenvalue weighted by molar-refractivity contribution is 0.0949. The number of sulfonamides is 1. The summed E-state index contributed by atoms with van der Waals surface area (Å²) in [6.07, 6.45) is 5.93. The van der Waals surface area contributed by atoms with E-state index in [4.69, 9.17) is 5.84 Å². The highest BCUT2D eigenvalue weighted by molar-refractivity contribution is 7.89. The molecule has 9 nitrogen and oxygen atoms in total. The van der Waals surface area contributed by atoms with E-state index in [1.807, 2.05) is 5.43 Å². The minimum Gasteiger partial charge on any atom is -0.290 e. The molecule has 1 aliphatic rings. The van der Waals surface area contributed by atoms with Crippen molar-refractivity contribution in [3.8, 4) is 5.82 Å². The summed E-state index contributed by atoms with van der Waals surface area (Å²) in [7, 11) is -3.48. The number of nitrogens with one attached hydrogen (secondary N) is 1. The Labute approximate surface area is 133 Å². The second-order valence-corrected chi connectivity index (χ2v) is 7.04. The van der Waals surface area contributed by atoms with Crippen LogP contribution < -0.4 is 11.3 Å². The smallest absolute Gasteiger partial charge is 0.285 e. The standard InChI is InChI=1S/C13H16N6O3S/c14-17-13(20)11-8-18(9-16-11)12-4-3-10(7-15-12)23(21,22)19-5-1-2-6-19/h3-4,7-9H,1-2,5-6,14H2,(H,17,20). The Kier molecular flexibility index (Phi) is 4.11. The molecule has 23 heavy (non-hydrogen) atoms. The summed E-state index contributed by atoms with van der Waals surface area (Å²) < 4.78 is 27.8. The van der Waals surface area contributed by atoms with Gasteiger partial charge in [0, 0.05) is 25.5 Å². The maximum absolute atomic E-state index is 12.4. The van der Waals surface area contributed by atoms with Crippen LogP contribution >= 0.6 is 0 Å². The first-order valence-electron chi connectivity index (χ1n) is 7.04. The van der Waals surface area contributed by atoms with E-state index in [0.717, 1.165) is 12.8 Å². The van der Waals surface area contributed by atoms with Crippen molar-refractivity contribution in [2.24, 2.45) is 5.84 Å². The van der Waals surface area contributed by atoms with Crippen molar-refractivity contribution in [2.75, 3.05) is 13.1 Å². The summed E-state index contributed by atoms with van der Waals surface area (Å²) in [5, 5.41) is 0. The molecule has 10 heteroatoms. The topological polar surface area (TPSA) is 123 Å². The maximum atomic E-state index is 12.4. The van der Waals surface area contributed by atoms with Crippen molar-refractivity contribution in [1.82, 2.24) is 24.3 Å². The Bertz CT molecular complexity index is 808. The molecule has 1 aliphatic heterocycles. The predicted molar refractivity (Wildman–Crippen MR) is 81.0 cm³/mol. The van der Waals surface area contributed by atoms with Crippen molar-refractivity contribution in [2.45, 2.75) is 17.7 Å². The quantitative estimate of drug-likeness (QED) is 0.447. The van der Waals surface area contributed by atoms with E-state index in [2.05, 4.69) is 9.97 Å². The number of carbonyl (C=O) groups excluding carboxylic acids is 1. The van der Waals surface area contributed by atoms with Gasteiger partial charge in [0.1, 0.15) is 22.7 Å². The Morgan fingerprint density at radius 1 is 1.22 bits per heavy atom. The molecular formula is C13H16N6O3S. The third kappa shape index (κ3) is 2.96. The van der Waals surface area contributed by atoms with Gasteiger partial charge in [-0.1, -0.05) is 0 Å². The van der Waals surface area contributed by atoms with E-state index in [9.17, 15) is 13.2 Å². The molecule has 2 aromatic heterocycles. The van der Waals surface area contributed by atoms with Gasteiger partial charge in [0.05, 0.1) is 0 Å². The van der Waals surface area contributed by atoms with Crippen LogP contribution in [-0.2, 0) is 10.0 Å². The van der Waals surface area contributed by atoms with Crippen molar-refractivity contribution in [1.29, 1.82) is 0 Å². The van der Waals surface area contributed by atoms with Crippen LogP contribution in [0.2, 0.25) is 0 Å². The average Bonchev–Trinajstić information content (AvgIpc) is 3.26. The number of hydrogen-bond acceptors (Lipinski definition) is 6. The first-order valence-corrected chi connectivity index (χ1v) is 8.48. The second kappa shape index (κ2) is 6.07. The monoisotopic (exact) mass is 336 g/mol. The predicted octanol–water partition coefficient (Wildman–Crippen LogP) is -0.345. The number of imidazole rings is 1. The molecule has 3 heterocycles. The van der Waals surface area contributed by atoms with Gasteiger partial charge in [-0.25, -0.2) is 24.2 Å². The van der Waals surface area contributed by atoms with Gasteiger partial charge in [0.2, 0.25) is 10.0 Å². The number of nitrogens with two attached hydrogens (primary N) is 1. The fourth-order valence-corrected chi connectivity index (χ4v) is 3.86. The maximum Gasteiger partial charge on any atom is 0.285 e. The van der Waals surface area contributed by atoms with Crippen LogP contribution in [0.1, 0.15) is 23.3 Å². The van der Waals surface area contributed by atoms with E-state index in [0.29, 0.717) is 18.9 Å². The number of aromatic nitrogens is 3. The van der Waals surface area contributed by atoms with Crippen molar-refractivity contribution in [3.05, 3.63) is 36.5 Å². The molecule has 1 saturated heterocycles. The molecule has 2 aromatic rings. The van der Waals surface area contributed by atoms with Gasteiger partial charge in [0.15, 0.2) is 0 Å². The highest BCUT2D eigenvalue weighted by Gasteiger charge is 2.27. The molecule has 0 radical (unpaired) electrons. The van der Waals surface area contributed by atoms with E-state index in [-0.39, 0.29) is 10.6 Å². The number of hydrazine groups is 1. The summed E-state index contributed by atoms with van der Waals surface area (Å²) in [4.78, 5) is 19.6. The van der Waals surface area contributed by atoms with Crippen LogP contribution in [-0.4, -0.2) is 46.3 Å². The molecule has 0 atom stereocenters. The zero-order chi connectivity index (χ0) is 16.4. The largest absolute Gasteiger partial charge is 0.290 e. The highest BCUT2D eigenvalue weighted by atomic mass is 32.2. The Morgan fingerprint density at radius 2 is 1.96 bits per heavy atom. The molecule has 0 aliphatic carbocycles. The van der Waals surface area contributed by atoms with Gasteiger partial charge in [-0.15, -0.1) is 0 Å². The van der Waals surface area contributed by atoms with Crippen molar-refractivity contribution < 1.29 is 13.2 Å². The van der Waals surface area contributed by atoms with Crippen molar-refractivity contribution in [3.63, 3.8) is 0 Å². The van der Waals surface area contributed by atoms with Crippen LogP contribution in [0, 0.1) is 0 Å². The molecule has 0 unspecified atom stereocenters. The van der Waals surface area contributed by atoms with E-state index in [1.165, 1.54) is 33.7 Å². The molecule has 0 bridgehead atoms. The second-order valence-electron chi connectivity index (χ2n) is 5.10. The van der Waals surface area contributed by atoms with Crippen LogP contribution in [0.3, 0.4) is 0 Å². The number of amides is 1. The summed E-state index contributed by atoms with van der Waals surface area (Å²) in [6.45, 7) is 1.09. The highest BCUT2D eigenvalue weighted by Crippen LogP contribution is 2.20. The number of pyridine rings is 1. The van der Waals surface area contributed by atoms with Gasteiger partial charge in [-0.05, 0) is 25.0 Å². The van der Waals surface area contributed by atoms with E-state index < -0.39 is 15.9 Å². The van der Waals surface area contributed by atoms with Gasteiger partial charge < -0.3 is 0 Å². The molecule has 0 spiro atoms. The van der Waals surface area contributed by atoms with Crippen LogP contribution in [0.15, 0.2) is 35.7 Å². The lowest BCUT2D eigenvalue weighted by Gasteiger charge is -2.15. The lowest BCUT2D eigenvalue weighted by Crippen LogP contribution is -2.30. The Hall–Kier alpha value is -2.30. The third-order valence-corrected chi connectivity index (χ3v) is 5.52. The molecule has 0 saturated carbocycles. The van der Waals surface area contributed by atoms with E-state index in [1.54, 1.807) is 6.07 Å². The molecule has 1 fully saturated rings. The number of carbonyl (C=O) groups is 1. The first kappa shape index (κ1) is 15.6. The fraction of sp³-hybridized carbons (Fsp3) is 0.308. The number of nitrogen functional groups attached to an aromatic ring is 1. The summed E-state index contributed by atoms with van der Waals surface area (Å²) in [6, 6.07) is 3.06. The van der Waals surface area contributed by atoms with Gasteiger partial charge in [0.25, 0.3) is 5.91 Å². The van der Waals surface area contributed by atoms with Gasteiger partial charge in [-0.3, -0.25) is 14.8 Å². The van der Waals surface area contributed by atoms with E-state index >= 15 is 0 Å². The zero-order valence-corrected chi connectivity index (χ0v) is 13.0. The molecule has 3 N–H and O–H groups in total. The average molecular weight is 336 g/mol. The molecule has 0 aromatic carbocycles. The normalized spacial score (nSPS) is 15.7. The summed E-state index contributed by atoms with van der Waals surface area (Å²) >= 11 is 0. The minimum absolute atomic E-state index is 0.142. The van der Waals surface area contributed by atoms with Gasteiger partial charge >= 0.3 is 0 Å². The number of rotatable bonds is 4. The van der Waals surface area contributed by atoms with Crippen molar-refractivity contribution >= 4 is 15.9 Å². The third-order valence-electron chi connectivity index (χ3n) is 3.63. The number of nitrogens with zero attached hydrogens (tertiary/aromatic N) is 4. The molecule has 122 valence electrons. The minimum atomic E-state index is -3.48. The summed E-state index contributed by atoms with van der Waals surface area (Å²) in [5.74, 6) is 4.98. The van der Waals surface area contributed by atoms with Crippen LogP contribution in [0.25, 0.3) is 5.82 Å². The van der Waals surface area contributed by atoms with Gasteiger partial charge in [-0.2, -0.15) is 4.31 Å². The first-order chi connectivity index (χ1) is 11.0. The zero-order valence-electron chi connectivity index (χ0n) is 12.2. The SMILES string of the molecule is NNC(=O)c1cn(-c2ccc(S(=O)(=O)N3CCCC3)cn2)cn1. The molecule has 1 amide bonds.